The van der Waals surface area contributed by atoms with E-state index >= 15 is 0 Å². The lowest BCUT2D eigenvalue weighted by atomic mass is 9.99. The molecule has 2 aromatic carbocycles. The van der Waals surface area contributed by atoms with Crippen LogP contribution in [-0.4, -0.2) is 31.1 Å². The summed E-state index contributed by atoms with van der Waals surface area (Å²) in [6.45, 7) is 3.32. The lowest BCUT2D eigenvalue weighted by molar-refractivity contribution is -0.137. The highest BCUT2D eigenvalue weighted by Gasteiger charge is 2.32. The fourth-order valence-electron chi connectivity index (χ4n) is 3.52. The molecule has 2 heterocycles. The van der Waals surface area contributed by atoms with E-state index in [4.69, 9.17) is 0 Å². The van der Waals surface area contributed by atoms with E-state index in [1.54, 1.807) is 11.3 Å². The summed E-state index contributed by atoms with van der Waals surface area (Å²) in [6.07, 6.45) is -4.33. The average molecular weight is 376 g/mol. The summed E-state index contributed by atoms with van der Waals surface area (Å²) >= 11 is 1.66. The van der Waals surface area contributed by atoms with Crippen molar-refractivity contribution in [3.8, 4) is 0 Å². The molecule has 1 aliphatic rings. The van der Waals surface area contributed by atoms with E-state index in [1.165, 1.54) is 12.1 Å². The van der Waals surface area contributed by atoms with E-state index in [0.717, 1.165) is 47.2 Å². The first kappa shape index (κ1) is 17.5. The monoisotopic (exact) mass is 376 g/mol. The summed E-state index contributed by atoms with van der Waals surface area (Å²) in [5.41, 5.74) is 0.115. The van der Waals surface area contributed by atoms with E-state index in [-0.39, 0.29) is 6.04 Å². The highest BCUT2D eigenvalue weighted by molar-refractivity contribution is 7.19. The number of benzene rings is 2. The fourth-order valence-corrected chi connectivity index (χ4v) is 4.75. The third-order valence-corrected chi connectivity index (χ3v) is 5.93. The van der Waals surface area contributed by atoms with Crippen molar-refractivity contribution in [1.82, 2.24) is 10.2 Å². The van der Waals surface area contributed by atoms with Gasteiger partial charge in [-0.3, -0.25) is 4.90 Å². The van der Waals surface area contributed by atoms with Gasteiger partial charge in [-0.05, 0) is 35.2 Å². The van der Waals surface area contributed by atoms with Crippen molar-refractivity contribution >= 4 is 21.4 Å². The summed E-state index contributed by atoms with van der Waals surface area (Å²) < 4.78 is 40.8. The molecule has 1 aromatic heterocycles. The lowest BCUT2D eigenvalue weighted by Gasteiger charge is -2.35. The van der Waals surface area contributed by atoms with Gasteiger partial charge in [-0.1, -0.05) is 30.3 Å². The van der Waals surface area contributed by atoms with Gasteiger partial charge in [0.1, 0.15) is 0 Å². The molecule has 0 amide bonds. The van der Waals surface area contributed by atoms with Gasteiger partial charge in [0.15, 0.2) is 0 Å². The molecule has 6 heteroatoms. The number of hydrogen-bond acceptors (Lipinski definition) is 3. The maximum Gasteiger partial charge on any atom is 0.416 e. The van der Waals surface area contributed by atoms with Crippen molar-refractivity contribution in [2.24, 2.45) is 0 Å². The van der Waals surface area contributed by atoms with Gasteiger partial charge in [0.25, 0.3) is 0 Å². The molecular weight excluding hydrogens is 357 g/mol. The minimum absolute atomic E-state index is 0.156. The molecule has 1 saturated heterocycles. The predicted octanol–water partition coefficient (Wildman–Crippen LogP) is 4.91. The number of nitrogens with one attached hydrogen (secondary N) is 1. The molecule has 3 aromatic rings. The minimum atomic E-state index is -4.33. The van der Waals surface area contributed by atoms with Gasteiger partial charge < -0.3 is 5.32 Å². The average Bonchev–Trinajstić information content (AvgIpc) is 3.06. The Morgan fingerprint density at radius 3 is 2.46 bits per heavy atom. The number of piperazine rings is 1. The second-order valence-electron chi connectivity index (χ2n) is 6.50. The Morgan fingerprint density at radius 2 is 1.73 bits per heavy atom. The highest BCUT2D eigenvalue weighted by atomic mass is 32.1. The van der Waals surface area contributed by atoms with Crippen molar-refractivity contribution in [1.29, 1.82) is 0 Å². The first-order chi connectivity index (χ1) is 12.5. The van der Waals surface area contributed by atoms with Crippen molar-refractivity contribution < 1.29 is 13.2 Å². The summed E-state index contributed by atoms with van der Waals surface area (Å²) in [7, 11) is 0. The van der Waals surface area contributed by atoms with Gasteiger partial charge >= 0.3 is 6.18 Å². The summed E-state index contributed by atoms with van der Waals surface area (Å²) in [6, 6.07) is 15.8. The molecule has 1 N–H and O–H groups in total. The van der Waals surface area contributed by atoms with Gasteiger partial charge in [-0.25, -0.2) is 0 Å². The van der Waals surface area contributed by atoms with Crippen LogP contribution in [0.3, 0.4) is 0 Å². The Bertz CT molecular complexity index is 864. The standard InChI is InChI=1S/C20H19F3N2S/c21-20(22,23)16-6-3-5-15(12-16)19(25-10-8-24-9-11-25)18-13-14-4-1-2-7-17(14)26-18/h1-7,12-13,19,24H,8-11H2. The highest BCUT2D eigenvalue weighted by Crippen LogP contribution is 2.39. The molecule has 1 fully saturated rings. The third kappa shape index (κ3) is 3.49. The van der Waals surface area contributed by atoms with Crippen LogP contribution in [-0.2, 0) is 6.18 Å². The first-order valence-electron chi connectivity index (χ1n) is 8.63. The van der Waals surface area contributed by atoms with Crippen molar-refractivity contribution in [2.75, 3.05) is 26.2 Å². The van der Waals surface area contributed by atoms with Crippen LogP contribution in [0, 0.1) is 0 Å². The molecule has 26 heavy (non-hydrogen) atoms. The Morgan fingerprint density at radius 1 is 0.962 bits per heavy atom. The van der Waals surface area contributed by atoms with E-state index in [9.17, 15) is 13.2 Å². The number of rotatable bonds is 3. The van der Waals surface area contributed by atoms with Crippen LogP contribution in [0.15, 0.2) is 54.6 Å². The van der Waals surface area contributed by atoms with Crippen LogP contribution >= 0.6 is 11.3 Å². The van der Waals surface area contributed by atoms with E-state index in [1.807, 2.05) is 18.2 Å². The van der Waals surface area contributed by atoms with Crippen LogP contribution < -0.4 is 5.32 Å². The Kier molecular flexibility index (Phi) is 4.73. The van der Waals surface area contributed by atoms with Crippen molar-refractivity contribution in [3.05, 3.63) is 70.6 Å². The second kappa shape index (κ2) is 7.02. The number of thiophene rings is 1. The van der Waals surface area contributed by atoms with Gasteiger partial charge in [0.05, 0.1) is 11.6 Å². The lowest BCUT2D eigenvalue weighted by Crippen LogP contribution is -2.45. The van der Waals surface area contributed by atoms with Gasteiger partial charge in [0, 0.05) is 35.8 Å². The number of halogens is 3. The summed E-state index contributed by atoms with van der Waals surface area (Å²) in [5, 5.41) is 4.46. The van der Waals surface area contributed by atoms with Gasteiger partial charge in [-0.15, -0.1) is 11.3 Å². The Hall–Kier alpha value is -1.89. The molecule has 136 valence electrons. The van der Waals surface area contributed by atoms with E-state index < -0.39 is 11.7 Å². The summed E-state index contributed by atoms with van der Waals surface area (Å²) in [5.74, 6) is 0. The summed E-state index contributed by atoms with van der Waals surface area (Å²) in [4.78, 5) is 3.36. The molecule has 0 aliphatic carbocycles. The quantitative estimate of drug-likeness (QED) is 0.698. The van der Waals surface area contributed by atoms with Crippen LogP contribution in [0.25, 0.3) is 10.1 Å². The molecule has 4 rings (SSSR count). The zero-order valence-electron chi connectivity index (χ0n) is 14.1. The molecule has 0 radical (unpaired) electrons. The Balaban J connectivity index is 1.80. The van der Waals surface area contributed by atoms with Crippen LogP contribution in [0.5, 0.6) is 0 Å². The number of nitrogens with zero attached hydrogens (tertiary/aromatic N) is 1. The van der Waals surface area contributed by atoms with E-state index in [0.29, 0.717) is 5.56 Å². The van der Waals surface area contributed by atoms with Crippen LogP contribution in [0.4, 0.5) is 13.2 Å². The molecule has 1 unspecified atom stereocenters. The van der Waals surface area contributed by atoms with Crippen molar-refractivity contribution in [2.45, 2.75) is 12.2 Å². The number of alkyl halides is 3. The minimum Gasteiger partial charge on any atom is -0.314 e. The smallest absolute Gasteiger partial charge is 0.314 e. The fraction of sp³-hybridized carbons (Fsp3) is 0.300. The topological polar surface area (TPSA) is 15.3 Å². The second-order valence-corrected chi connectivity index (χ2v) is 7.61. The number of fused-ring (bicyclic) bond motifs is 1. The zero-order chi connectivity index (χ0) is 18.1. The zero-order valence-corrected chi connectivity index (χ0v) is 14.9. The maximum atomic E-state index is 13.2. The van der Waals surface area contributed by atoms with Gasteiger partial charge in [0.2, 0.25) is 0 Å². The van der Waals surface area contributed by atoms with E-state index in [2.05, 4.69) is 28.4 Å². The molecule has 1 aliphatic heterocycles. The van der Waals surface area contributed by atoms with Crippen LogP contribution in [0.2, 0.25) is 0 Å². The Labute approximate surface area is 154 Å². The third-order valence-electron chi connectivity index (χ3n) is 4.76. The molecule has 0 saturated carbocycles. The van der Waals surface area contributed by atoms with Crippen molar-refractivity contribution in [3.63, 3.8) is 0 Å². The number of hydrogen-bond donors (Lipinski definition) is 1. The normalized spacial score (nSPS) is 17.5. The molecule has 1 atom stereocenters. The maximum absolute atomic E-state index is 13.2. The molecule has 0 spiro atoms. The van der Waals surface area contributed by atoms with Gasteiger partial charge in [-0.2, -0.15) is 13.2 Å². The molecule has 0 bridgehead atoms. The largest absolute Gasteiger partial charge is 0.416 e. The predicted molar refractivity (Wildman–Crippen MR) is 99.6 cm³/mol. The SMILES string of the molecule is FC(F)(F)c1cccc(C(c2cc3ccccc3s2)N2CCNCC2)c1. The molecule has 2 nitrogen and oxygen atoms in total. The molecular formula is C20H19F3N2S. The van der Waals surface area contributed by atoms with Crippen LogP contribution in [0.1, 0.15) is 22.0 Å². The first-order valence-corrected chi connectivity index (χ1v) is 9.44.